The summed E-state index contributed by atoms with van der Waals surface area (Å²) in [4.78, 5) is 22.5. The van der Waals surface area contributed by atoms with Gasteiger partial charge in [-0.1, -0.05) is 24.3 Å². The lowest BCUT2D eigenvalue weighted by atomic mass is 9.95. The van der Waals surface area contributed by atoms with E-state index in [0.717, 1.165) is 12.6 Å². The Morgan fingerprint density at radius 2 is 1.55 bits per heavy atom. The Morgan fingerprint density at radius 3 is 2.15 bits per heavy atom. The second kappa shape index (κ2) is 6.02. The zero-order chi connectivity index (χ0) is 14.5. The molecular weight excluding hydrogens is 256 g/mol. The zero-order valence-electron chi connectivity index (χ0n) is 11.3. The van der Waals surface area contributed by atoms with Crippen LogP contribution in [-0.2, 0) is 0 Å². The molecule has 0 aliphatic rings. The summed E-state index contributed by atoms with van der Waals surface area (Å²) in [6, 6.07) is 10.3. The molecule has 0 aliphatic carbocycles. The molecule has 2 aromatic rings. The van der Waals surface area contributed by atoms with E-state index in [1.54, 1.807) is 36.4 Å². The van der Waals surface area contributed by atoms with Gasteiger partial charge in [0.05, 0.1) is 14.2 Å². The van der Waals surface area contributed by atoms with Crippen molar-refractivity contribution in [2.24, 2.45) is 0 Å². The lowest BCUT2D eigenvalue weighted by Gasteiger charge is -2.15. The first-order valence-electron chi connectivity index (χ1n) is 6.01. The van der Waals surface area contributed by atoms with E-state index >= 15 is 0 Å². The molecule has 2 aromatic carbocycles. The number of rotatable bonds is 5. The first kappa shape index (κ1) is 13.8. The molecule has 2 rings (SSSR count). The Balaban J connectivity index is 2.83. The number of methoxy groups -OCH3 is 2. The molecule has 0 aromatic heterocycles. The SMILES string of the molecule is COc1ccc(C=O)c(-c2ccccc2C=O)c1OC. The second-order valence-electron chi connectivity index (χ2n) is 4.09. The summed E-state index contributed by atoms with van der Waals surface area (Å²) in [6.07, 6.45) is 1.49. The van der Waals surface area contributed by atoms with E-state index in [1.165, 1.54) is 14.2 Å². The Kier molecular flexibility index (Phi) is 4.15. The van der Waals surface area contributed by atoms with Crippen LogP contribution in [0.3, 0.4) is 0 Å². The molecule has 102 valence electrons. The molecular formula is C16H14O4. The number of hydrogen-bond donors (Lipinski definition) is 0. The quantitative estimate of drug-likeness (QED) is 0.784. The summed E-state index contributed by atoms with van der Waals surface area (Å²) in [5, 5.41) is 0. The van der Waals surface area contributed by atoms with Crippen LogP contribution in [0.15, 0.2) is 36.4 Å². The van der Waals surface area contributed by atoms with Crippen LogP contribution in [0.5, 0.6) is 11.5 Å². The molecule has 0 amide bonds. The highest BCUT2D eigenvalue weighted by atomic mass is 16.5. The van der Waals surface area contributed by atoms with E-state index in [1.807, 2.05) is 0 Å². The maximum Gasteiger partial charge on any atom is 0.169 e. The Bertz CT molecular complexity index is 647. The van der Waals surface area contributed by atoms with Gasteiger partial charge < -0.3 is 9.47 Å². The summed E-state index contributed by atoms with van der Waals surface area (Å²) in [5.41, 5.74) is 2.13. The average molecular weight is 270 g/mol. The Morgan fingerprint density at radius 1 is 0.850 bits per heavy atom. The molecule has 4 nitrogen and oxygen atoms in total. The molecule has 0 fully saturated rings. The van der Waals surface area contributed by atoms with Crippen molar-refractivity contribution in [1.29, 1.82) is 0 Å². The van der Waals surface area contributed by atoms with Gasteiger partial charge in [0, 0.05) is 16.7 Å². The third-order valence-corrected chi connectivity index (χ3v) is 3.06. The summed E-state index contributed by atoms with van der Waals surface area (Å²) >= 11 is 0. The minimum Gasteiger partial charge on any atom is -0.493 e. The zero-order valence-corrected chi connectivity index (χ0v) is 11.3. The van der Waals surface area contributed by atoms with Crippen LogP contribution >= 0.6 is 0 Å². The Labute approximate surface area is 116 Å². The number of ether oxygens (including phenoxy) is 2. The number of hydrogen-bond acceptors (Lipinski definition) is 4. The summed E-state index contributed by atoms with van der Waals surface area (Å²) in [6.45, 7) is 0. The summed E-state index contributed by atoms with van der Waals surface area (Å²) in [7, 11) is 3.02. The van der Waals surface area contributed by atoms with Gasteiger partial charge in [-0.2, -0.15) is 0 Å². The monoisotopic (exact) mass is 270 g/mol. The molecule has 0 heterocycles. The van der Waals surface area contributed by atoms with E-state index in [0.29, 0.717) is 33.8 Å². The largest absolute Gasteiger partial charge is 0.493 e. The van der Waals surface area contributed by atoms with Gasteiger partial charge in [-0.15, -0.1) is 0 Å². The maximum absolute atomic E-state index is 11.3. The molecule has 0 saturated heterocycles. The van der Waals surface area contributed by atoms with E-state index in [-0.39, 0.29) is 0 Å². The smallest absolute Gasteiger partial charge is 0.169 e. The second-order valence-corrected chi connectivity index (χ2v) is 4.09. The summed E-state index contributed by atoms with van der Waals surface area (Å²) in [5.74, 6) is 0.945. The van der Waals surface area contributed by atoms with Crippen molar-refractivity contribution in [3.8, 4) is 22.6 Å². The van der Waals surface area contributed by atoms with Crippen molar-refractivity contribution in [2.45, 2.75) is 0 Å². The molecule has 20 heavy (non-hydrogen) atoms. The van der Waals surface area contributed by atoms with Crippen molar-refractivity contribution in [2.75, 3.05) is 14.2 Å². The van der Waals surface area contributed by atoms with Gasteiger partial charge in [0.2, 0.25) is 0 Å². The fourth-order valence-electron chi connectivity index (χ4n) is 2.15. The normalized spacial score (nSPS) is 9.90. The summed E-state index contributed by atoms with van der Waals surface area (Å²) < 4.78 is 10.6. The topological polar surface area (TPSA) is 52.6 Å². The van der Waals surface area contributed by atoms with Crippen LogP contribution in [0.2, 0.25) is 0 Å². The number of benzene rings is 2. The number of aldehydes is 2. The standard InChI is InChI=1S/C16H14O4/c1-19-14-8-7-12(10-18)15(16(14)20-2)13-6-4-3-5-11(13)9-17/h3-10H,1-2H3. The van der Waals surface area contributed by atoms with Crippen molar-refractivity contribution < 1.29 is 19.1 Å². The highest BCUT2D eigenvalue weighted by Crippen LogP contribution is 2.41. The van der Waals surface area contributed by atoms with E-state index in [2.05, 4.69) is 0 Å². The minimum absolute atomic E-state index is 0.436. The van der Waals surface area contributed by atoms with E-state index < -0.39 is 0 Å². The average Bonchev–Trinajstić information content (AvgIpc) is 2.53. The number of carbonyl (C=O) groups excluding carboxylic acids is 2. The van der Waals surface area contributed by atoms with Crippen LogP contribution < -0.4 is 9.47 Å². The highest BCUT2D eigenvalue weighted by molar-refractivity contribution is 5.97. The molecule has 0 aliphatic heterocycles. The van der Waals surface area contributed by atoms with Crippen LogP contribution in [0, 0.1) is 0 Å². The van der Waals surface area contributed by atoms with Crippen molar-refractivity contribution in [3.05, 3.63) is 47.5 Å². The first-order chi connectivity index (χ1) is 9.76. The molecule has 0 bridgehead atoms. The molecule has 0 atom stereocenters. The third-order valence-electron chi connectivity index (χ3n) is 3.06. The highest BCUT2D eigenvalue weighted by Gasteiger charge is 2.18. The van der Waals surface area contributed by atoms with Gasteiger partial charge in [0.25, 0.3) is 0 Å². The molecule has 0 N–H and O–H groups in total. The van der Waals surface area contributed by atoms with Gasteiger partial charge in [0.15, 0.2) is 24.1 Å². The van der Waals surface area contributed by atoms with Gasteiger partial charge in [-0.25, -0.2) is 0 Å². The van der Waals surface area contributed by atoms with Gasteiger partial charge >= 0.3 is 0 Å². The van der Waals surface area contributed by atoms with E-state index in [9.17, 15) is 9.59 Å². The van der Waals surface area contributed by atoms with Crippen LogP contribution in [0.25, 0.3) is 11.1 Å². The van der Waals surface area contributed by atoms with Crippen molar-refractivity contribution in [3.63, 3.8) is 0 Å². The first-order valence-corrected chi connectivity index (χ1v) is 6.01. The predicted octanol–water partition coefficient (Wildman–Crippen LogP) is 3.00. The molecule has 4 heteroatoms. The van der Waals surface area contributed by atoms with Crippen LogP contribution in [0.1, 0.15) is 20.7 Å². The van der Waals surface area contributed by atoms with E-state index in [4.69, 9.17) is 9.47 Å². The number of carbonyl (C=O) groups is 2. The molecule has 0 radical (unpaired) electrons. The van der Waals surface area contributed by atoms with Crippen molar-refractivity contribution >= 4 is 12.6 Å². The Hall–Kier alpha value is -2.62. The van der Waals surface area contributed by atoms with Crippen molar-refractivity contribution in [1.82, 2.24) is 0 Å². The van der Waals surface area contributed by atoms with Crippen LogP contribution in [0.4, 0.5) is 0 Å². The maximum atomic E-state index is 11.3. The fraction of sp³-hybridized carbons (Fsp3) is 0.125. The van der Waals surface area contributed by atoms with Crippen LogP contribution in [-0.4, -0.2) is 26.8 Å². The molecule has 0 unspecified atom stereocenters. The lowest BCUT2D eigenvalue weighted by Crippen LogP contribution is -1.99. The molecule has 0 spiro atoms. The minimum atomic E-state index is 0.436. The fourth-order valence-corrected chi connectivity index (χ4v) is 2.15. The van der Waals surface area contributed by atoms with Gasteiger partial charge in [-0.3, -0.25) is 9.59 Å². The van der Waals surface area contributed by atoms with Gasteiger partial charge in [-0.05, 0) is 17.7 Å². The third kappa shape index (κ3) is 2.28. The molecule has 0 saturated carbocycles. The van der Waals surface area contributed by atoms with Gasteiger partial charge in [0.1, 0.15) is 0 Å². The predicted molar refractivity (Wildman–Crippen MR) is 75.8 cm³/mol. The lowest BCUT2D eigenvalue weighted by molar-refractivity contribution is 0.111.